The maximum atomic E-state index is 12.6. The van der Waals surface area contributed by atoms with Crippen molar-refractivity contribution in [3.05, 3.63) is 35.9 Å². The number of likely N-dealkylation sites (tertiary alicyclic amines) is 1. The summed E-state index contributed by atoms with van der Waals surface area (Å²) in [5.74, 6) is 0.150. The van der Waals surface area contributed by atoms with E-state index in [9.17, 15) is 4.79 Å². The van der Waals surface area contributed by atoms with Crippen molar-refractivity contribution in [1.29, 1.82) is 0 Å². The van der Waals surface area contributed by atoms with E-state index in [2.05, 4.69) is 60.4 Å². The van der Waals surface area contributed by atoms with Gasteiger partial charge in [-0.15, -0.1) is 0 Å². The number of carbonyl (C=O) groups excluding carboxylic acids is 1. The van der Waals surface area contributed by atoms with Gasteiger partial charge in [0.15, 0.2) is 0 Å². The van der Waals surface area contributed by atoms with Crippen molar-refractivity contribution >= 4 is 5.91 Å². The molecule has 1 fully saturated rings. The van der Waals surface area contributed by atoms with Crippen LogP contribution in [0.5, 0.6) is 0 Å². The topological polar surface area (TPSA) is 35.6 Å². The zero-order chi connectivity index (χ0) is 17.5. The molecular weight excluding hydrogens is 298 g/mol. The summed E-state index contributed by atoms with van der Waals surface area (Å²) in [6.45, 7) is 6.37. The molecule has 4 nitrogen and oxygen atoms in total. The van der Waals surface area contributed by atoms with Gasteiger partial charge in [0.1, 0.15) is 0 Å². The summed E-state index contributed by atoms with van der Waals surface area (Å²) < 4.78 is 0. The fraction of sp³-hybridized carbons (Fsp3) is 0.650. The van der Waals surface area contributed by atoms with Gasteiger partial charge in [-0.2, -0.15) is 0 Å². The van der Waals surface area contributed by atoms with Crippen LogP contribution in [-0.2, 0) is 11.2 Å². The lowest BCUT2D eigenvalue weighted by Crippen LogP contribution is -2.52. The molecule has 134 valence electrons. The fourth-order valence-corrected chi connectivity index (χ4v) is 3.37. The third kappa shape index (κ3) is 5.60. The van der Waals surface area contributed by atoms with Gasteiger partial charge in [-0.25, -0.2) is 0 Å². The Morgan fingerprint density at radius 2 is 1.88 bits per heavy atom. The number of nitrogens with zero attached hydrogens (tertiary/aromatic N) is 2. The van der Waals surface area contributed by atoms with Crippen molar-refractivity contribution in [3.63, 3.8) is 0 Å². The van der Waals surface area contributed by atoms with Crippen molar-refractivity contribution in [2.75, 3.05) is 27.2 Å². The average molecular weight is 332 g/mol. The van der Waals surface area contributed by atoms with E-state index in [4.69, 9.17) is 0 Å². The maximum Gasteiger partial charge on any atom is 0.237 e. The summed E-state index contributed by atoms with van der Waals surface area (Å²) >= 11 is 0. The number of hydrogen-bond donors (Lipinski definition) is 1. The molecular formula is C20H33N3O. The third-order valence-electron chi connectivity index (χ3n) is 5.35. The number of likely N-dealkylation sites (N-methyl/N-ethyl adjacent to an activating group) is 1. The summed E-state index contributed by atoms with van der Waals surface area (Å²) in [6.07, 6.45) is 4.27. The normalized spacial score (nSPS) is 19.2. The van der Waals surface area contributed by atoms with E-state index < -0.39 is 0 Å². The Balaban J connectivity index is 1.75. The van der Waals surface area contributed by atoms with Gasteiger partial charge in [-0.05, 0) is 72.3 Å². The Bertz CT molecular complexity index is 497. The van der Waals surface area contributed by atoms with Gasteiger partial charge < -0.3 is 10.2 Å². The second-order valence-electron chi connectivity index (χ2n) is 7.31. The number of carbonyl (C=O) groups is 1. The monoisotopic (exact) mass is 331 g/mol. The SMILES string of the molecule is C[C@H](CCc1ccccc1)NC(=O)[C@@H](C)N(C)C1CCN(C)CC1. The van der Waals surface area contributed by atoms with Gasteiger partial charge in [0.2, 0.25) is 5.91 Å². The quantitative estimate of drug-likeness (QED) is 0.834. The first-order chi connectivity index (χ1) is 11.5. The largest absolute Gasteiger partial charge is 0.352 e. The molecule has 1 heterocycles. The lowest BCUT2D eigenvalue weighted by atomic mass is 10.0. The van der Waals surface area contributed by atoms with Crippen LogP contribution in [0.25, 0.3) is 0 Å². The van der Waals surface area contributed by atoms with Gasteiger partial charge in [0.25, 0.3) is 0 Å². The number of aryl methyl sites for hydroxylation is 1. The summed E-state index contributed by atoms with van der Waals surface area (Å²) in [4.78, 5) is 17.2. The second-order valence-corrected chi connectivity index (χ2v) is 7.31. The van der Waals surface area contributed by atoms with Crippen molar-refractivity contribution in [2.24, 2.45) is 0 Å². The van der Waals surface area contributed by atoms with E-state index in [0.29, 0.717) is 6.04 Å². The zero-order valence-electron chi connectivity index (χ0n) is 15.7. The molecule has 1 N–H and O–H groups in total. The van der Waals surface area contributed by atoms with Gasteiger partial charge in [-0.1, -0.05) is 30.3 Å². The van der Waals surface area contributed by atoms with E-state index in [1.54, 1.807) is 0 Å². The molecule has 0 unspecified atom stereocenters. The molecule has 1 aromatic rings. The molecule has 1 aliphatic rings. The number of benzene rings is 1. The summed E-state index contributed by atoms with van der Waals surface area (Å²) in [7, 11) is 4.26. The first-order valence-electron chi connectivity index (χ1n) is 9.22. The molecule has 2 atom stereocenters. The van der Waals surface area contributed by atoms with Crippen molar-refractivity contribution in [2.45, 2.75) is 57.7 Å². The van der Waals surface area contributed by atoms with E-state index in [1.165, 1.54) is 5.56 Å². The van der Waals surface area contributed by atoms with Crippen LogP contribution in [-0.4, -0.2) is 61.0 Å². The fourth-order valence-electron chi connectivity index (χ4n) is 3.37. The van der Waals surface area contributed by atoms with Crippen LogP contribution >= 0.6 is 0 Å². The zero-order valence-corrected chi connectivity index (χ0v) is 15.7. The molecule has 4 heteroatoms. The van der Waals surface area contributed by atoms with Crippen LogP contribution < -0.4 is 5.32 Å². The summed E-state index contributed by atoms with van der Waals surface area (Å²) in [6, 6.07) is 11.1. The Labute approximate surface area is 147 Å². The molecule has 1 amide bonds. The van der Waals surface area contributed by atoms with Gasteiger partial charge in [0, 0.05) is 12.1 Å². The van der Waals surface area contributed by atoms with Crippen LogP contribution in [0.2, 0.25) is 0 Å². The molecule has 1 saturated heterocycles. The van der Waals surface area contributed by atoms with E-state index >= 15 is 0 Å². The number of hydrogen-bond acceptors (Lipinski definition) is 3. The lowest BCUT2D eigenvalue weighted by molar-refractivity contribution is -0.127. The Morgan fingerprint density at radius 1 is 1.25 bits per heavy atom. The minimum absolute atomic E-state index is 0.0717. The van der Waals surface area contributed by atoms with E-state index in [1.807, 2.05) is 13.0 Å². The van der Waals surface area contributed by atoms with Crippen LogP contribution in [0.4, 0.5) is 0 Å². The summed E-state index contributed by atoms with van der Waals surface area (Å²) in [5, 5.41) is 3.19. The summed E-state index contributed by atoms with van der Waals surface area (Å²) in [5.41, 5.74) is 1.33. The molecule has 0 aliphatic carbocycles. The van der Waals surface area contributed by atoms with Crippen LogP contribution in [0, 0.1) is 0 Å². The molecule has 0 bridgehead atoms. The Morgan fingerprint density at radius 3 is 2.50 bits per heavy atom. The molecule has 0 saturated carbocycles. The molecule has 1 aromatic carbocycles. The predicted octanol–water partition coefficient (Wildman–Crippen LogP) is 2.54. The maximum absolute atomic E-state index is 12.6. The van der Waals surface area contributed by atoms with Crippen molar-refractivity contribution < 1.29 is 4.79 Å². The highest BCUT2D eigenvalue weighted by atomic mass is 16.2. The molecule has 0 radical (unpaired) electrons. The van der Waals surface area contributed by atoms with Crippen LogP contribution in [0.15, 0.2) is 30.3 Å². The number of piperidine rings is 1. The highest BCUT2D eigenvalue weighted by Crippen LogP contribution is 2.16. The average Bonchev–Trinajstić information content (AvgIpc) is 2.60. The smallest absolute Gasteiger partial charge is 0.237 e. The van der Waals surface area contributed by atoms with Crippen LogP contribution in [0.3, 0.4) is 0 Å². The lowest BCUT2D eigenvalue weighted by Gasteiger charge is -2.38. The second kappa shape index (κ2) is 9.19. The first kappa shape index (κ1) is 18.9. The van der Waals surface area contributed by atoms with Gasteiger partial charge >= 0.3 is 0 Å². The standard InChI is InChI=1S/C20H33N3O/c1-16(10-11-18-8-6-5-7-9-18)21-20(24)17(2)23(4)19-12-14-22(3)15-13-19/h5-9,16-17,19H,10-15H2,1-4H3,(H,21,24)/t16-,17-/m1/s1. The minimum atomic E-state index is -0.0717. The third-order valence-corrected chi connectivity index (χ3v) is 5.35. The van der Waals surface area contributed by atoms with Crippen molar-refractivity contribution in [3.8, 4) is 0 Å². The highest BCUT2D eigenvalue weighted by Gasteiger charge is 2.27. The van der Waals surface area contributed by atoms with Gasteiger partial charge in [-0.3, -0.25) is 9.69 Å². The first-order valence-corrected chi connectivity index (χ1v) is 9.22. The molecule has 0 aromatic heterocycles. The predicted molar refractivity (Wildman–Crippen MR) is 100 cm³/mol. The highest BCUT2D eigenvalue weighted by molar-refractivity contribution is 5.81. The number of rotatable bonds is 7. The molecule has 0 spiro atoms. The number of nitrogens with one attached hydrogen (secondary N) is 1. The van der Waals surface area contributed by atoms with E-state index in [0.717, 1.165) is 38.8 Å². The molecule has 24 heavy (non-hydrogen) atoms. The van der Waals surface area contributed by atoms with E-state index in [-0.39, 0.29) is 18.0 Å². The van der Waals surface area contributed by atoms with Crippen LogP contribution in [0.1, 0.15) is 38.7 Å². The van der Waals surface area contributed by atoms with Crippen molar-refractivity contribution in [1.82, 2.24) is 15.1 Å². The number of amides is 1. The molecule has 2 rings (SSSR count). The Kier molecular flexibility index (Phi) is 7.25. The minimum Gasteiger partial charge on any atom is -0.352 e. The molecule has 1 aliphatic heterocycles. The Hall–Kier alpha value is -1.39. The van der Waals surface area contributed by atoms with Gasteiger partial charge in [0.05, 0.1) is 6.04 Å².